The summed E-state index contributed by atoms with van der Waals surface area (Å²) in [5.41, 5.74) is 2.19. The average Bonchev–Trinajstić information content (AvgIpc) is 2.90. The van der Waals surface area contributed by atoms with Crippen LogP contribution in [0, 0.1) is 6.92 Å². The molecule has 0 N–H and O–H groups in total. The van der Waals surface area contributed by atoms with Crippen molar-refractivity contribution in [3.05, 3.63) is 47.7 Å². The molecule has 3 heterocycles. The van der Waals surface area contributed by atoms with Gasteiger partial charge in [-0.15, -0.1) is 0 Å². The van der Waals surface area contributed by atoms with Gasteiger partial charge >= 0.3 is 0 Å². The van der Waals surface area contributed by atoms with Crippen molar-refractivity contribution in [2.75, 3.05) is 37.3 Å². The fourth-order valence-corrected chi connectivity index (χ4v) is 3.41. The second-order valence-electron chi connectivity index (χ2n) is 5.99. The van der Waals surface area contributed by atoms with E-state index in [1.54, 1.807) is 17.8 Å². The van der Waals surface area contributed by atoms with E-state index in [-0.39, 0.29) is 5.91 Å². The summed E-state index contributed by atoms with van der Waals surface area (Å²) in [5.74, 6) is 2.10. The first-order valence-electron chi connectivity index (χ1n) is 8.22. The number of carbonyl (C=O) groups is 1. The second kappa shape index (κ2) is 7.75. The minimum Gasteiger partial charge on any atom is -0.455 e. The van der Waals surface area contributed by atoms with Gasteiger partial charge in [0.2, 0.25) is 0 Å². The maximum atomic E-state index is 12.7. The SMILES string of the molecule is CSCc1ccc(C(=O)N2CCCN(c3ccnc(C)c3)CC2)o1. The van der Waals surface area contributed by atoms with Gasteiger partial charge in [-0.05, 0) is 43.9 Å². The molecule has 2 aromatic rings. The highest BCUT2D eigenvalue weighted by Crippen LogP contribution is 2.19. The molecule has 3 rings (SSSR count). The van der Waals surface area contributed by atoms with Crippen LogP contribution in [0.5, 0.6) is 0 Å². The summed E-state index contributed by atoms with van der Waals surface area (Å²) in [5, 5.41) is 0. The number of anilines is 1. The van der Waals surface area contributed by atoms with E-state index in [0.29, 0.717) is 12.3 Å². The summed E-state index contributed by atoms with van der Waals surface area (Å²) in [6, 6.07) is 7.82. The molecule has 1 aliphatic heterocycles. The van der Waals surface area contributed by atoms with Gasteiger partial charge in [0.05, 0.1) is 5.75 Å². The molecule has 24 heavy (non-hydrogen) atoms. The summed E-state index contributed by atoms with van der Waals surface area (Å²) < 4.78 is 5.67. The zero-order chi connectivity index (χ0) is 16.9. The molecule has 0 radical (unpaired) electrons. The smallest absolute Gasteiger partial charge is 0.289 e. The molecule has 0 unspecified atom stereocenters. The van der Waals surface area contributed by atoms with Gasteiger partial charge in [-0.2, -0.15) is 11.8 Å². The Morgan fingerprint density at radius 2 is 2.12 bits per heavy atom. The minimum atomic E-state index is -0.00453. The van der Waals surface area contributed by atoms with Crippen LogP contribution in [-0.2, 0) is 5.75 Å². The number of pyridine rings is 1. The van der Waals surface area contributed by atoms with Gasteiger partial charge < -0.3 is 14.2 Å². The predicted octanol–water partition coefficient (Wildman–Crippen LogP) is 3.20. The van der Waals surface area contributed by atoms with Crippen molar-refractivity contribution in [3.63, 3.8) is 0 Å². The van der Waals surface area contributed by atoms with Gasteiger partial charge in [-0.25, -0.2) is 0 Å². The summed E-state index contributed by atoms with van der Waals surface area (Å²) in [6.07, 6.45) is 4.81. The molecule has 0 aromatic carbocycles. The zero-order valence-electron chi connectivity index (χ0n) is 14.2. The number of nitrogens with zero attached hydrogens (tertiary/aromatic N) is 3. The number of carbonyl (C=O) groups excluding carboxylic acids is 1. The van der Waals surface area contributed by atoms with Gasteiger partial charge in [0.1, 0.15) is 5.76 Å². The Hall–Kier alpha value is -1.95. The first-order chi connectivity index (χ1) is 11.7. The summed E-state index contributed by atoms with van der Waals surface area (Å²) in [4.78, 5) is 21.1. The van der Waals surface area contributed by atoms with Gasteiger partial charge in [0, 0.05) is 43.8 Å². The molecule has 0 aliphatic carbocycles. The molecule has 0 atom stereocenters. The van der Waals surface area contributed by atoms with Crippen molar-refractivity contribution in [3.8, 4) is 0 Å². The molecule has 1 amide bonds. The fourth-order valence-electron chi connectivity index (χ4n) is 2.97. The van der Waals surface area contributed by atoms with Crippen LogP contribution in [0.15, 0.2) is 34.9 Å². The summed E-state index contributed by atoms with van der Waals surface area (Å²) >= 11 is 1.69. The van der Waals surface area contributed by atoms with Gasteiger partial charge in [-0.3, -0.25) is 9.78 Å². The number of furan rings is 1. The maximum Gasteiger partial charge on any atom is 0.289 e. The number of aromatic nitrogens is 1. The number of thioether (sulfide) groups is 1. The van der Waals surface area contributed by atoms with Gasteiger partial charge in [0.15, 0.2) is 5.76 Å². The van der Waals surface area contributed by atoms with Crippen LogP contribution in [-0.4, -0.2) is 48.2 Å². The second-order valence-corrected chi connectivity index (χ2v) is 6.85. The van der Waals surface area contributed by atoms with E-state index >= 15 is 0 Å². The molecule has 0 bridgehead atoms. The lowest BCUT2D eigenvalue weighted by atomic mass is 10.3. The molecule has 128 valence electrons. The van der Waals surface area contributed by atoms with Crippen molar-refractivity contribution < 1.29 is 9.21 Å². The van der Waals surface area contributed by atoms with E-state index in [0.717, 1.165) is 43.3 Å². The molecule has 5 nitrogen and oxygen atoms in total. The average molecular weight is 345 g/mol. The van der Waals surface area contributed by atoms with Crippen LogP contribution < -0.4 is 4.90 Å². The quantitative estimate of drug-likeness (QED) is 0.852. The highest BCUT2D eigenvalue weighted by molar-refractivity contribution is 7.97. The number of hydrogen-bond acceptors (Lipinski definition) is 5. The van der Waals surface area contributed by atoms with E-state index in [2.05, 4.69) is 16.0 Å². The van der Waals surface area contributed by atoms with Crippen LogP contribution in [0.2, 0.25) is 0 Å². The standard InChI is InChI=1S/C18H23N3O2S/c1-14-12-15(6-7-19-14)20-8-3-9-21(11-10-20)18(22)17-5-4-16(23-17)13-24-2/h4-7,12H,3,8-11,13H2,1-2H3. The van der Waals surface area contributed by atoms with Gasteiger partial charge in [0.25, 0.3) is 5.91 Å². The highest BCUT2D eigenvalue weighted by atomic mass is 32.2. The Bertz CT molecular complexity index is 701. The molecule has 2 aromatic heterocycles. The van der Waals surface area contributed by atoms with Crippen molar-refractivity contribution in [1.29, 1.82) is 0 Å². The molecule has 1 saturated heterocycles. The summed E-state index contributed by atoms with van der Waals surface area (Å²) in [6.45, 7) is 5.24. The lowest BCUT2D eigenvalue weighted by Gasteiger charge is -2.23. The molecular formula is C18H23N3O2S. The lowest BCUT2D eigenvalue weighted by Crippen LogP contribution is -2.35. The molecule has 1 fully saturated rings. The normalized spacial score (nSPS) is 15.4. The molecule has 6 heteroatoms. The van der Waals surface area contributed by atoms with E-state index in [9.17, 15) is 4.79 Å². The fraction of sp³-hybridized carbons (Fsp3) is 0.444. The Morgan fingerprint density at radius 1 is 1.25 bits per heavy atom. The minimum absolute atomic E-state index is 0.00453. The largest absolute Gasteiger partial charge is 0.455 e. The monoisotopic (exact) mass is 345 g/mol. The number of aryl methyl sites for hydroxylation is 1. The van der Waals surface area contributed by atoms with E-state index in [1.807, 2.05) is 36.4 Å². The van der Waals surface area contributed by atoms with E-state index in [1.165, 1.54) is 5.69 Å². The van der Waals surface area contributed by atoms with Crippen LogP contribution in [0.3, 0.4) is 0 Å². The van der Waals surface area contributed by atoms with Crippen molar-refractivity contribution >= 4 is 23.4 Å². The predicted molar refractivity (Wildman–Crippen MR) is 97.6 cm³/mol. The Balaban J connectivity index is 1.65. The summed E-state index contributed by atoms with van der Waals surface area (Å²) in [7, 11) is 0. The van der Waals surface area contributed by atoms with Gasteiger partial charge in [-0.1, -0.05) is 0 Å². The first kappa shape index (κ1) is 16.9. The Kier molecular flexibility index (Phi) is 5.45. The van der Waals surface area contributed by atoms with Crippen molar-refractivity contribution in [2.24, 2.45) is 0 Å². The molecule has 0 spiro atoms. The number of hydrogen-bond donors (Lipinski definition) is 0. The van der Waals surface area contributed by atoms with Crippen LogP contribution in [0.25, 0.3) is 0 Å². The maximum absolute atomic E-state index is 12.7. The Labute approximate surface area is 147 Å². The van der Waals surface area contributed by atoms with Crippen molar-refractivity contribution in [1.82, 2.24) is 9.88 Å². The first-order valence-corrected chi connectivity index (χ1v) is 9.61. The highest BCUT2D eigenvalue weighted by Gasteiger charge is 2.22. The van der Waals surface area contributed by atoms with Crippen molar-refractivity contribution in [2.45, 2.75) is 19.1 Å². The van der Waals surface area contributed by atoms with E-state index < -0.39 is 0 Å². The molecule has 1 aliphatic rings. The third-order valence-electron chi connectivity index (χ3n) is 4.19. The number of rotatable bonds is 4. The number of amides is 1. The van der Waals surface area contributed by atoms with Crippen LogP contribution >= 0.6 is 11.8 Å². The van der Waals surface area contributed by atoms with Crippen LogP contribution in [0.4, 0.5) is 5.69 Å². The lowest BCUT2D eigenvalue weighted by molar-refractivity contribution is 0.0733. The molecule has 0 saturated carbocycles. The van der Waals surface area contributed by atoms with E-state index in [4.69, 9.17) is 4.42 Å². The molecular weight excluding hydrogens is 322 g/mol. The topological polar surface area (TPSA) is 49.6 Å². The zero-order valence-corrected chi connectivity index (χ0v) is 15.0. The Morgan fingerprint density at radius 3 is 2.92 bits per heavy atom. The van der Waals surface area contributed by atoms with Crippen LogP contribution in [0.1, 0.15) is 28.4 Å². The third-order valence-corrected chi connectivity index (χ3v) is 4.76. The third kappa shape index (κ3) is 3.93.